The number of benzene rings is 2. The molecule has 1 aliphatic rings. The lowest BCUT2D eigenvalue weighted by Crippen LogP contribution is -2.49. The predicted octanol–water partition coefficient (Wildman–Crippen LogP) is 5.11. The summed E-state index contributed by atoms with van der Waals surface area (Å²) < 4.78 is 40.0. The van der Waals surface area contributed by atoms with Gasteiger partial charge in [0.05, 0.1) is 11.1 Å². The molecular weight excluding hydrogens is 439 g/mol. The summed E-state index contributed by atoms with van der Waals surface area (Å²) in [4.78, 5) is 18.9. The number of likely N-dealkylation sites (tertiary alicyclic amines) is 1. The molecule has 0 radical (unpaired) electrons. The van der Waals surface area contributed by atoms with Crippen molar-refractivity contribution < 1.29 is 18.0 Å². The molecule has 4 nitrogen and oxygen atoms in total. The highest BCUT2D eigenvalue weighted by molar-refractivity contribution is 5.93. The summed E-state index contributed by atoms with van der Waals surface area (Å²) >= 11 is 0. The van der Waals surface area contributed by atoms with E-state index in [4.69, 9.17) is 0 Å². The van der Waals surface area contributed by atoms with Gasteiger partial charge < -0.3 is 10.2 Å². The molecule has 1 aromatic heterocycles. The molecule has 2 aromatic carbocycles. The van der Waals surface area contributed by atoms with Crippen LogP contribution in [0.3, 0.4) is 0 Å². The minimum atomic E-state index is -4.34. The Morgan fingerprint density at radius 3 is 2.35 bits per heavy atom. The van der Waals surface area contributed by atoms with Crippen LogP contribution in [0.15, 0.2) is 79.1 Å². The molecule has 0 spiro atoms. The fourth-order valence-corrected chi connectivity index (χ4v) is 4.71. The molecule has 4 rings (SSSR count). The number of carbonyl (C=O) groups is 1. The Labute approximate surface area is 197 Å². The van der Waals surface area contributed by atoms with Crippen molar-refractivity contribution in [1.29, 1.82) is 0 Å². The number of halogens is 3. The van der Waals surface area contributed by atoms with Crippen LogP contribution in [-0.2, 0) is 18.0 Å². The van der Waals surface area contributed by atoms with Crippen molar-refractivity contribution in [3.63, 3.8) is 0 Å². The zero-order chi connectivity index (χ0) is 24.0. The van der Waals surface area contributed by atoms with Crippen LogP contribution in [0.25, 0.3) is 0 Å². The maximum Gasteiger partial charge on any atom is 0.416 e. The Morgan fingerprint density at radius 2 is 1.68 bits per heavy atom. The number of alkyl halides is 3. The minimum Gasteiger partial charge on any atom is -0.351 e. The van der Waals surface area contributed by atoms with Crippen molar-refractivity contribution in [1.82, 2.24) is 15.2 Å². The number of piperidine rings is 1. The monoisotopic (exact) mass is 467 g/mol. The molecule has 0 saturated carbocycles. The molecular formula is C27H28F3N3O. The molecule has 1 N–H and O–H groups in total. The number of carbonyl (C=O) groups excluding carboxylic acids is 1. The fourth-order valence-electron chi connectivity index (χ4n) is 4.71. The lowest BCUT2D eigenvalue weighted by molar-refractivity contribution is -0.138. The fraction of sp³-hybridized carbons (Fsp3) is 0.333. The van der Waals surface area contributed by atoms with E-state index < -0.39 is 11.7 Å². The van der Waals surface area contributed by atoms with Crippen LogP contribution in [-0.4, -0.2) is 42.0 Å². The first-order valence-electron chi connectivity index (χ1n) is 11.5. The van der Waals surface area contributed by atoms with Gasteiger partial charge in [-0.3, -0.25) is 9.78 Å². The third kappa shape index (κ3) is 5.65. The summed E-state index contributed by atoms with van der Waals surface area (Å²) in [6.07, 6.45) is 0.812. The largest absolute Gasteiger partial charge is 0.416 e. The van der Waals surface area contributed by atoms with Gasteiger partial charge in [0.25, 0.3) is 5.91 Å². The van der Waals surface area contributed by atoms with Crippen molar-refractivity contribution in [3.05, 3.63) is 101 Å². The topological polar surface area (TPSA) is 45.2 Å². The second kappa shape index (κ2) is 10.4. The molecule has 1 aliphatic heterocycles. The van der Waals surface area contributed by atoms with Gasteiger partial charge in [-0.2, -0.15) is 13.2 Å². The Morgan fingerprint density at radius 1 is 0.971 bits per heavy atom. The van der Waals surface area contributed by atoms with E-state index in [1.54, 1.807) is 36.7 Å². The smallest absolute Gasteiger partial charge is 0.351 e. The SMILES string of the molecule is O=C(NCC1(c2ccccc2)CCN(CCc2ccccc2C(F)(F)F)CC1)c1cccnc1. The number of nitrogens with one attached hydrogen (secondary N) is 1. The average Bonchev–Trinajstić information content (AvgIpc) is 2.87. The lowest BCUT2D eigenvalue weighted by Gasteiger charge is -2.42. The number of hydrogen-bond acceptors (Lipinski definition) is 3. The zero-order valence-electron chi connectivity index (χ0n) is 18.9. The van der Waals surface area contributed by atoms with Crippen LogP contribution in [0, 0.1) is 0 Å². The molecule has 1 amide bonds. The van der Waals surface area contributed by atoms with E-state index in [-0.39, 0.29) is 11.3 Å². The molecule has 0 unspecified atom stereocenters. The molecule has 1 fully saturated rings. The van der Waals surface area contributed by atoms with Crippen LogP contribution in [0.4, 0.5) is 13.2 Å². The number of rotatable bonds is 7. The summed E-state index contributed by atoms with van der Waals surface area (Å²) in [5, 5.41) is 3.08. The molecule has 7 heteroatoms. The third-order valence-electron chi connectivity index (χ3n) is 6.73. The van der Waals surface area contributed by atoms with E-state index >= 15 is 0 Å². The van der Waals surface area contributed by atoms with E-state index in [0.717, 1.165) is 32.0 Å². The first-order valence-corrected chi connectivity index (χ1v) is 11.5. The van der Waals surface area contributed by atoms with Gasteiger partial charge in [-0.25, -0.2) is 0 Å². The quantitative estimate of drug-likeness (QED) is 0.526. The van der Waals surface area contributed by atoms with Crippen LogP contribution in [0.1, 0.15) is 39.9 Å². The highest BCUT2D eigenvalue weighted by Gasteiger charge is 2.37. The predicted molar refractivity (Wildman–Crippen MR) is 126 cm³/mol. The normalized spacial score (nSPS) is 16.2. The van der Waals surface area contributed by atoms with Gasteiger partial charge in [-0.1, -0.05) is 48.5 Å². The standard InChI is InChI=1S/C27H28F3N3O/c28-27(29,30)24-11-5-4-7-21(24)12-16-33-17-13-26(14-18-33,23-9-2-1-3-10-23)20-32-25(34)22-8-6-15-31-19-22/h1-11,15,19H,12-14,16-18,20H2,(H,32,34). The zero-order valence-corrected chi connectivity index (χ0v) is 18.9. The van der Waals surface area contributed by atoms with Crippen molar-refractivity contribution in [2.24, 2.45) is 0 Å². The maximum absolute atomic E-state index is 13.3. The van der Waals surface area contributed by atoms with Crippen LogP contribution >= 0.6 is 0 Å². The first kappa shape index (κ1) is 24.0. The van der Waals surface area contributed by atoms with E-state index in [1.807, 2.05) is 18.2 Å². The number of amides is 1. The van der Waals surface area contributed by atoms with Crippen LogP contribution < -0.4 is 5.32 Å². The maximum atomic E-state index is 13.3. The molecule has 2 heterocycles. The van der Waals surface area contributed by atoms with Gasteiger partial charge in [-0.15, -0.1) is 0 Å². The molecule has 34 heavy (non-hydrogen) atoms. The van der Waals surface area contributed by atoms with Gasteiger partial charge in [0.1, 0.15) is 0 Å². The summed E-state index contributed by atoms with van der Waals surface area (Å²) in [6.45, 7) is 2.58. The van der Waals surface area contributed by atoms with Crippen LogP contribution in [0.2, 0.25) is 0 Å². The highest BCUT2D eigenvalue weighted by Crippen LogP contribution is 2.36. The minimum absolute atomic E-state index is 0.158. The Balaban J connectivity index is 1.42. The summed E-state index contributed by atoms with van der Waals surface area (Å²) in [5.74, 6) is -0.158. The van der Waals surface area contributed by atoms with E-state index in [9.17, 15) is 18.0 Å². The molecule has 178 valence electrons. The van der Waals surface area contributed by atoms with Crippen molar-refractivity contribution in [2.75, 3.05) is 26.2 Å². The summed E-state index contributed by atoms with van der Waals surface area (Å²) in [5.41, 5.74) is 1.25. The number of pyridine rings is 1. The summed E-state index contributed by atoms with van der Waals surface area (Å²) in [7, 11) is 0. The Kier molecular flexibility index (Phi) is 7.32. The second-order valence-corrected chi connectivity index (χ2v) is 8.82. The van der Waals surface area contributed by atoms with Gasteiger partial charge in [0.2, 0.25) is 0 Å². The molecule has 3 aromatic rings. The van der Waals surface area contributed by atoms with E-state index in [2.05, 4.69) is 27.3 Å². The van der Waals surface area contributed by atoms with E-state index in [0.29, 0.717) is 30.6 Å². The van der Waals surface area contributed by atoms with E-state index in [1.165, 1.54) is 11.6 Å². The first-order chi connectivity index (χ1) is 16.4. The van der Waals surface area contributed by atoms with Crippen LogP contribution in [0.5, 0.6) is 0 Å². The third-order valence-corrected chi connectivity index (χ3v) is 6.73. The molecule has 1 saturated heterocycles. The summed E-state index contributed by atoms with van der Waals surface area (Å²) in [6, 6.07) is 19.4. The van der Waals surface area contributed by atoms with Crippen molar-refractivity contribution >= 4 is 5.91 Å². The van der Waals surface area contributed by atoms with Gasteiger partial charge in [0.15, 0.2) is 0 Å². The average molecular weight is 468 g/mol. The van der Waals surface area contributed by atoms with Crippen molar-refractivity contribution in [2.45, 2.75) is 30.9 Å². The molecule has 0 bridgehead atoms. The number of aromatic nitrogens is 1. The van der Waals surface area contributed by atoms with Gasteiger partial charge >= 0.3 is 6.18 Å². The highest BCUT2D eigenvalue weighted by atomic mass is 19.4. The molecule has 0 aliphatic carbocycles. The number of hydrogen-bond donors (Lipinski definition) is 1. The Bertz CT molecular complexity index is 1080. The van der Waals surface area contributed by atoms with Gasteiger partial charge in [-0.05, 0) is 61.7 Å². The lowest BCUT2D eigenvalue weighted by atomic mass is 9.72. The van der Waals surface area contributed by atoms with Gasteiger partial charge in [0, 0.05) is 30.9 Å². The second-order valence-electron chi connectivity index (χ2n) is 8.82. The van der Waals surface area contributed by atoms with Crippen molar-refractivity contribution in [3.8, 4) is 0 Å². The molecule has 0 atom stereocenters. The Hall–Kier alpha value is -3.19. The number of nitrogens with zero attached hydrogens (tertiary/aromatic N) is 2.